The summed E-state index contributed by atoms with van der Waals surface area (Å²) in [6.45, 7) is 5.80. The third kappa shape index (κ3) is 5.92. The molecule has 6 heteroatoms. The number of nitrogens with one attached hydrogen (secondary N) is 1. The fourth-order valence-corrected chi connectivity index (χ4v) is 3.71. The molecule has 1 aromatic heterocycles. The maximum Gasteiger partial charge on any atom is 0.257 e. The molecular weight excluding hydrogens is 414 g/mol. The van der Waals surface area contributed by atoms with Gasteiger partial charge in [-0.3, -0.25) is 4.79 Å². The highest BCUT2D eigenvalue weighted by Gasteiger charge is 2.12. The monoisotopic (exact) mass is 443 g/mol. The maximum atomic E-state index is 12.2. The number of hydrogen-bond acceptors (Lipinski definition) is 4. The molecule has 4 rings (SSSR count). The minimum Gasteiger partial charge on any atom is -0.491 e. The summed E-state index contributed by atoms with van der Waals surface area (Å²) in [5, 5.41) is 2.92. The van der Waals surface area contributed by atoms with E-state index in [4.69, 9.17) is 14.5 Å². The number of rotatable bonds is 10. The number of nitrogens with zero attached hydrogens (tertiary/aromatic N) is 2. The molecule has 0 saturated heterocycles. The average Bonchev–Trinajstić information content (AvgIpc) is 3.18. The summed E-state index contributed by atoms with van der Waals surface area (Å²) in [6, 6.07) is 23.6. The smallest absolute Gasteiger partial charge is 0.257 e. The molecule has 0 unspecified atom stereocenters. The number of amides is 1. The predicted octanol–water partition coefficient (Wildman–Crippen LogP) is 4.47. The van der Waals surface area contributed by atoms with Crippen molar-refractivity contribution in [3.05, 3.63) is 89.7 Å². The fourth-order valence-electron chi connectivity index (χ4n) is 3.71. The molecule has 0 fully saturated rings. The van der Waals surface area contributed by atoms with E-state index >= 15 is 0 Å². The third-order valence-corrected chi connectivity index (χ3v) is 5.43. The molecule has 3 aromatic carbocycles. The first-order valence-electron chi connectivity index (χ1n) is 11.2. The molecule has 170 valence electrons. The first kappa shape index (κ1) is 22.4. The first-order chi connectivity index (χ1) is 16.1. The molecule has 33 heavy (non-hydrogen) atoms. The first-order valence-corrected chi connectivity index (χ1v) is 11.2. The van der Waals surface area contributed by atoms with Gasteiger partial charge in [0.1, 0.15) is 23.9 Å². The second-order valence-electron chi connectivity index (χ2n) is 7.99. The highest BCUT2D eigenvalue weighted by atomic mass is 16.5. The van der Waals surface area contributed by atoms with E-state index in [1.54, 1.807) is 0 Å². The van der Waals surface area contributed by atoms with Crippen LogP contribution >= 0.6 is 0 Å². The Hall–Kier alpha value is -3.80. The van der Waals surface area contributed by atoms with E-state index in [-0.39, 0.29) is 12.5 Å². The molecule has 4 aromatic rings. The molecule has 0 bridgehead atoms. The molecule has 6 nitrogen and oxygen atoms in total. The normalized spacial score (nSPS) is 10.8. The summed E-state index contributed by atoms with van der Waals surface area (Å²) in [5.74, 6) is 2.36. The predicted molar refractivity (Wildman–Crippen MR) is 130 cm³/mol. The Labute approximate surface area is 194 Å². The zero-order chi connectivity index (χ0) is 23.0. The van der Waals surface area contributed by atoms with Crippen molar-refractivity contribution >= 4 is 16.9 Å². The van der Waals surface area contributed by atoms with Crippen LogP contribution in [0, 0.1) is 13.8 Å². The molecule has 0 aliphatic heterocycles. The maximum absolute atomic E-state index is 12.2. The van der Waals surface area contributed by atoms with E-state index in [0.717, 1.165) is 28.2 Å². The van der Waals surface area contributed by atoms with Crippen LogP contribution < -0.4 is 14.8 Å². The van der Waals surface area contributed by atoms with Crippen LogP contribution in [0.3, 0.4) is 0 Å². The van der Waals surface area contributed by atoms with Gasteiger partial charge in [0.2, 0.25) is 0 Å². The zero-order valence-corrected chi connectivity index (χ0v) is 19.1. The SMILES string of the molecule is Cc1ccc(C)c(OCCn2c(CCNC(=O)COc3ccccc3)nc3ccccc32)c1. The Balaban J connectivity index is 1.35. The van der Waals surface area contributed by atoms with Crippen LogP contribution in [0.1, 0.15) is 17.0 Å². The Morgan fingerprint density at radius 1 is 0.970 bits per heavy atom. The van der Waals surface area contributed by atoms with E-state index in [9.17, 15) is 4.79 Å². The number of aryl methyl sites for hydroxylation is 2. The lowest BCUT2D eigenvalue weighted by Gasteiger charge is -2.13. The number of aromatic nitrogens is 2. The van der Waals surface area contributed by atoms with Gasteiger partial charge >= 0.3 is 0 Å². The molecule has 0 spiro atoms. The van der Waals surface area contributed by atoms with E-state index in [1.165, 1.54) is 5.56 Å². The third-order valence-electron chi connectivity index (χ3n) is 5.43. The topological polar surface area (TPSA) is 65.4 Å². The lowest BCUT2D eigenvalue weighted by atomic mass is 10.1. The Bertz CT molecular complexity index is 1220. The van der Waals surface area contributed by atoms with Gasteiger partial charge in [0.15, 0.2) is 6.61 Å². The molecule has 1 amide bonds. The highest BCUT2D eigenvalue weighted by molar-refractivity contribution is 5.77. The average molecular weight is 444 g/mol. The molecule has 0 atom stereocenters. The van der Waals surface area contributed by atoms with Crippen molar-refractivity contribution < 1.29 is 14.3 Å². The Morgan fingerprint density at radius 3 is 2.61 bits per heavy atom. The van der Waals surface area contributed by atoms with Gasteiger partial charge < -0.3 is 19.4 Å². The standard InChI is InChI=1S/C27H29N3O3/c1-20-12-13-21(2)25(18-20)32-17-16-30-24-11-7-6-10-23(24)29-26(30)14-15-28-27(31)19-33-22-8-4-3-5-9-22/h3-13,18H,14-17,19H2,1-2H3,(H,28,31). The summed E-state index contributed by atoms with van der Waals surface area (Å²) < 4.78 is 13.8. The van der Waals surface area contributed by atoms with E-state index < -0.39 is 0 Å². The van der Waals surface area contributed by atoms with Crippen molar-refractivity contribution in [2.45, 2.75) is 26.8 Å². The van der Waals surface area contributed by atoms with Crippen molar-refractivity contribution in [2.24, 2.45) is 0 Å². The second kappa shape index (κ2) is 10.7. The molecule has 0 saturated carbocycles. The summed E-state index contributed by atoms with van der Waals surface area (Å²) >= 11 is 0. The van der Waals surface area contributed by atoms with Crippen LogP contribution in [-0.2, 0) is 17.8 Å². The number of fused-ring (bicyclic) bond motifs is 1. The van der Waals surface area contributed by atoms with E-state index in [1.807, 2.05) is 48.5 Å². The quantitative estimate of drug-likeness (QED) is 0.393. The van der Waals surface area contributed by atoms with Gasteiger partial charge in [0.25, 0.3) is 5.91 Å². The summed E-state index contributed by atoms with van der Waals surface area (Å²) in [4.78, 5) is 17.0. The lowest BCUT2D eigenvalue weighted by Crippen LogP contribution is -2.31. The number of para-hydroxylation sites is 3. The zero-order valence-electron chi connectivity index (χ0n) is 19.1. The molecule has 0 radical (unpaired) electrons. The minimum absolute atomic E-state index is 0.00981. The summed E-state index contributed by atoms with van der Waals surface area (Å²) in [6.07, 6.45) is 0.620. The summed E-state index contributed by atoms with van der Waals surface area (Å²) in [5.41, 5.74) is 4.31. The van der Waals surface area contributed by atoms with Crippen molar-refractivity contribution in [3.8, 4) is 11.5 Å². The van der Waals surface area contributed by atoms with Gasteiger partial charge in [-0.25, -0.2) is 4.98 Å². The number of hydrogen-bond donors (Lipinski definition) is 1. The van der Waals surface area contributed by atoms with Crippen LogP contribution in [-0.4, -0.2) is 35.2 Å². The van der Waals surface area contributed by atoms with Gasteiger partial charge in [-0.2, -0.15) is 0 Å². The number of benzene rings is 3. The van der Waals surface area contributed by atoms with Gasteiger partial charge in [0.05, 0.1) is 17.6 Å². The minimum atomic E-state index is -0.153. The molecule has 1 N–H and O–H groups in total. The van der Waals surface area contributed by atoms with Gasteiger partial charge in [-0.05, 0) is 55.3 Å². The van der Waals surface area contributed by atoms with Crippen molar-refractivity contribution in [1.82, 2.24) is 14.9 Å². The Kier molecular flexibility index (Phi) is 7.25. The van der Waals surface area contributed by atoms with Crippen LogP contribution in [0.5, 0.6) is 11.5 Å². The van der Waals surface area contributed by atoms with E-state index in [0.29, 0.717) is 31.9 Å². The van der Waals surface area contributed by atoms with Gasteiger partial charge in [-0.15, -0.1) is 0 Å². The van der Waals surface area contributed by atoms with Gasteiger partial charge in [0, 0.05) is 13.0 Å². The van der Waals surface area contributed by atoms with E-state index in [2.05, 4.69) is 48.0 Å². The van der Waals surface area contributed by atoms with Crippen LogP contribution in [0.4, 0.5) is 0 Å². The van der Waals surface area contributed by atoms with Crippen LogP contribution in [0.25, 0.3) is 11.0 Å². The summed E-state index contributed by atoms with van der Waals surface area (Å²) in [7, 11) is 0. The molecule has 0 aliphatic rings. The largest absolute Gasteiger partial charge is 0.491 e. The molecular formula is C27H29N3O3. The second-order valence-corrected chi connectivity index (χ2v) is 7.99. The van der Waals surface area contributed by atoms with Crippen molar-refractivity contribution in [3.63, 3.8) is 0 Å². The fraction of sp³-hybridized carbons (Fsp3) is 0.259. The number of carbonyl (C=O) groups is 1. The van der Waals surface area contributed by atoms with Crippen molar-refractivity contribution in [1.29, 1.82) is 0 Å². The van der Waals surface area contributed by atoms with Gasteiger partial charge in [-0.1, -0.05) is 42.5 Å². The number of carbonyl (C=O) groups excluding carboxylic acids is 1. The molecule has 1 heterocycles. The Morgan fingerprint density at radius 2 is 1.76 bits per heavy atom. The number of ether oxygens (including phenoxy) is 2. The van der Waals surface area contributed by atoms with Crippen molar-refractivity contribution in [2.75, 3.05) is 19.8 Å². The molecule has 0 aliphatic carbocycles. The van der Waals surface area contributed by atoms with Crippen LogP contribution in [0.15, 0.2) is 72.8 Å². The van der Waals surface area contributed by atoms with Crippen LogP contribution in [0.2, 0.25) is 0 Å². The highest BCUT2D eigenvalue weighted by Crippen LogP contribution is 2.20. The number of imidazole rings is 1. The lowest BCUT2D eigenvalue weighted by molar-refractivity contribution is -0.123.